The van der Waals surface area contributed by atoms with Crippen LogP contribution in [0.3, 0.4) is 0 Å². The van der Waals surface area contributed by atoms with Gasteiger partial charge in [0.05, 0.1) is 22.2 Å². The van der Waals surface area contributed by atoms with Crippen LogP contribution in [0, 0.1) is 0 Å². The molecule has 1 heterocycles. The van der Waals surface area contributed by atoms with Crippen LogP contribution in [0.1, 0.15) is 43.2 Å². The van der Waals surface area contributed by atoms with Gasteiger partial charge in [0.25, 0.3) is 11.8 Å². The van der Waals surface area contributed by atoms with Crippen molar-refractivity contribution >= 4 is 34.2 Å². The Kier molecular flexibility index (Phi) is 7.84. The number of halogens is 3. The summed E-state index contributed by atoms with van der Waals surface area (Å²) in [5.41, 5.74) is 1.92. The topological polar surface area (TPSA) is 96.1 Å². The van der Waals surface area contributed by atoms with E-state index >= 15 is 0 Å². The van der Waals surface area contributed by atoms with E-state index in [1.54, 1.807) is 12.1 Å². The highest BCUT2D eigenvalue weighted by atomic mass is 19.4. The highest BCUT2D eigenvalue weighted by Gasteiger charge is 2.35. The zero-order chi connectivity index (χ0) is 29.0. The lowest BCUT2D eigenvalue weighted by atomic mass is 10.0. The molecule has 5 aromatic rings. The van der Waals surface area contributed by atoms with Gasteiger partial charge in [-0.15, -0.1) is 0 Å². The number of para-hydroxylation sites is 1. The van der Waals surface area contributed by atoms with Gasteiger partial charge in [-0.3, -0.25) is 9.59 Å². The predicted octanol–water partition coefficient (Wildman–Crippen LogP) is 6.82. The van der Waals surface area contributed by atoms with Crippen LogP contribution in [-0.4, -0.2) is 28.9 Å². The zero-order valence-corrected chi connectivity index (χ0v) is 21.9. The predicted molar refractivity (Wildman–Crippen MR) is 150 cm³/mol. The lowest BCUT2D eigenvalue weighted by molar-refractivity contribution is -0.137. The first kappa shape index (κ1) is 27.6. The molecule has 2 amide bonds. The van der Waals surface area contributed by atoms with Gasteiger partial charge in [-0.25, -0.2) is 4.98 Å². The van der Waals surface area contributed by atoms with Crippen molar-refractivity contribution in [3.63, 3.8) is 0 Å². The maximum Gasteiger partial charge on any atom is 0.417 e. The molecule has 3 N–H and O–H groups in total. The van der Waals surface area contributed by atoms with Gasteiger partial charge in [0.15, 0.2) is 0 Å². The summed E-state index contributed by atoms with van der Waals surface area (Å²) < 4.78 is 45.7. The number of imidazole rings is 1. The zero-order valence-electron chi connectivity index (χ0n) is 21.9. The molecule has 10 heteroatoms. The third kappa shape index (κ3) is 6.28. The molecule has 0 bridgehead atoms. The monoisotopic (exact) mass is 558 g/mol. The third-order valence-electron chi connectivity index (χ3n) is 6.40. The van der Waals surface area contributed by atoms with Gasteiger partial charge in [-0.05, 0) is 47.9 Å². The van der Waals surface area contributed by atoms with E-state index in [2.05, 4.69) is 20.6 Å². The standard InChI is InChI=1S/C31H25F3N4O3/c1-41-18-27-36-26-17-21(35-29(39)22-12-6-7-13-24(22)31(32,33)34)16-23(28(26)38-27)30(40)37-25-14-8-5-11-20(25)15-19-9-3-2-4-10-19/h2-14,16-17H,15,18H2,1H3,(H,35,39)(H,36,38)(H,37,40). The van der Waals surface area contributed by atoms with Crippen LogP contribution in [0.15, 0.2) is 91.0 Å². The molecule has 208 valence electrons. The molecule has 0 fully saturated rings. The summed E-state index contributed by atoms with van der Waals surface area (Å²) in [5, 5.41) is 5.45. The number of carbonyl (C=O) groups excluding carboxylic acids is 2. The SMILES string of the molecule is COCc1nc2c(C(=O)Nc3ccccc3Cc3ccccc3)cc(NC(=O)c3ccccc3C(F)(F)F)cc2[nH]1. The number of ether oxygens (including phenoxy) is 1. The molecule has 7 nitrogen and oxygen atoms in total. The molecule has 0 atom stereocenters. The van der Waals surface area contributed by atoms with Gasteiger partial charge < -0.3 is 20.4 Å². The summed E-state index contributed by atoms with van der Waals surface area (Å²) in [6.45, 7) is 0.135. The molecule has 0 spiro atoms. The minimum absolute atomic E-state index is 0.120. The molecule has 0 saturated carbocycles. The number of aromatic nitrogens is 2. The molecule has 41 heavy (non-hydrogen) atoms. The molecular weight excluding hydrogens is 533 g/mol. The van der Waals surface area contributed by atoms with E-state index in [-0.39, 0.29) is 17.9 Å². The van der Waals surface area contributed by atoms with Crippen molar-refractivity contribution in [2.24, 2.45) is 0 Å². The Balaban J connectivity index is 1.49. The quantitative estimate of drug-likeness (QED) is 0.195. The molecule has 0 aliphatic rings. The summed E-state index contributed by atoms with van der Waals surface area (Å²) in [5.74, 6) is -1.03. The number of hydrogen-bond donors (Lipinski definition) is 3. The Morgan fingerprint density at radius 1 is 0.854 bits per heavy atom. The van der Waals surface area contributed by atoms with Crippen LogP contribution < -0.4 is 10.6 Å². The third-order valence-corrected chi connectivity index (χ3v) is 6.40. The average Bonchev–Trinajstić information content (AvgIpc) is 3.36. The van der Waals surface area contributed by atoms with E-state index in [0.29, 0.717) is 29.0 Å². The van der Waals surface area contributed by atoms with Crippen molar-refractivity contribution in [3.05, 3.63) is 125 Å². The highest BCUT2D eigenvalue weighted by Crippen LogP contribution is 2.33. The summed E-state index contributed by atoms with van der Waals surface area (Å²) in [6.07, 6.45) is -4.13. The fraction of sp³-hybridized carbons (Fsp3) is 0.129. The summed E-state index contributed by atoms with van der Waals surface area (Å²) in [7, 11) is 1.49. The van der Waals surface area contributed by atoms with Gasteiger partial charge in [-0.2, -0.15) is 13.2 Å². The second-order valence-electron chi connectivity index (χ2n) is 9.31. The van der Waals surface area contributed by atoms with Crippen LogP contribution in [-0.2, 0) is 23.9 Å². The molecule has 1 aromatic heterocycles. The van der Waals surface area contributed by atoms with Gasteiger partial charge in [0.2, 0.25) is 0 Å². The number of aromatic amines is 1. The van der Waals surface area contributed by atoms with E-state index < -0.39 is 29.1 Å². The minimum Gasteiger partial charge on any atom is -0.377 e. The first-order valence-corrected chi connectivity index (χ1v) is 12.7. The Labute approximate surface area is 233 Å². The Hall–Kier alpha value is -4.96. The maximum absolute atomic E-state index is 13.6. The van der Waals surface area contributed by atoms with E-state index in [0.717, 1.165) is 23.3 Å². The number of amides is 2. The maximum atomic E-state index is 13.6. The number of alkyl halides is 3. The Bertz CT molecular complexity index is 1720. The molecule has 0 saturated heterocycles. The van der Waals surface area contributed by atoms with Crippen molar-refractivity contribution < 1.29 is 27.5 Å². The van der Waals surface area contributed by atoms with Crippen LogP contribution in [0.5, 0.6) is 0 Å². The molecule has 0 aliphatic carbocycles. The normalized spacial score (nSPS) is 11.4. The van der Waals surface area contributed by atoms with E-state index in [4.69, 9.17) is 4.74 Å². The number of fused-ring (bicyclic) bond motifs is 1. The molecule has 4 aromatic carbocycles. The van der Waals surface area contributed by atoms with E-state index in [1.807, 2.05) is 42.5 Å². The van der Waals surface area contributed by atoms with E-state index in [1.165, 1.54) is 31.4 Å². The van der Waals surface area contributed by atoms with Gasteiger partial charge >= 0.3 is 6.18 Å². The van der Waals surface area contributed by atoms with Crippen LogP contribution >= 0.6 is 0 Å². The Morgan fingerprint density at radius 3 is 2.29 bits per heavy atom. The van der Waals surface area contributed by atoms with Crippen LogP contribution in [0.2, 0.25) is 0 Å². The van der Waals surface area contributed by atoms with Crippen molar-refractivity contribution in [2.45, 2.75) is 19.2 Å². The number of rotatable bonds is 8. The molecule has 5 rings (SSSR count). The number of H-pyrrole nitrogens is 1. The Morgan fingerprint density at radius 2 is 1.54 bits per heavy atom. The van der Waals surface area contributed by atoms with Crippen molar-refractivity contribution in [3.8, 4) is 0 Å². The number of nitrogens with one attached hydrogen (secondary N) is 3. The number of carbonyl (C=O) groups is 2. The number of methoxy groups -OCH3 is 1. The fourth-order valence-electron chi connectivity index (χ4n) is 4.55. The average molecular weight is 559 g/mol. The molecule has 0 radical (unpaired) electrons. The van der Waals surface area contributed by atoms with Crippen molar-refractivity contribution in [2.75, 3.05) is 17.7 Å². The highest BCUT2D eigenvalue weighted by molar-refractivity contribution is 6.14. The van der Waals surface area contributed by atoms with E-state index in [9.17, 15) is 22.8 Å². The summed E-state index contributed by atoms with van der Waals surface area (Å²) in [6, 6.07) is 24.6. The van der Waals surface area contributed by atoms with Gasteiger partial charge in [0.1, 0.15) is 17.9 Å². The second kappa shape index (κ2) is 11.6. The van der Waals surface area contributed by atoms with Crippen molar-refractivity contribution in [1.82, 2.24) is 9.97 Å². The van der Waals surface area contributed by atoms with Crippen LogP contribution in [0.4, 0.5) is 24.5 Å². The van der Waals surface area contributed by atoms with Gasteiger partial charge in [0, 0.05) is 18.5 Å². The fourth-order valence-corrected chi connectivity index (χ4v) is 4.55. The number of anilines is 2. The summed E-state index contributed by atoms with van der Waals surface area (Å²) >= 11 is 0. The molecular formula is C31H25F3N4O3. The molecule has 0 unspecified atom stereocenters. The first-order chi connectivity index (χ1) is 19.7. The van der Waals surface area contributed by atoms with Gasteiger partial charge in [-0.1, -0.05) is 60.7 Å². The van der Waals surface area contributed by atoms with Crippen LogP contribution in [0.25, 0.3) is 11.0 Å². The first-order valence-electron chi connectivity index (χ1n) is 12.7. The number of hydrogen-bond acceptors (Lipinski definition) is 4. The van der Waals surface area contributed by atoms with Crippen molar-refractivity contribution in [1.29, 1.82) is 0 Å². The second-order valence-corrected chi connectivity index (χ2v) is 9.31. The largest absolute Gasteiger partial charge is 0.417 e. The smallest absolute Gasteiger partial charge is 0.377 e. The number of nitrogens with zero attached hydrogens (tertiary/aromatic N) is 1. The lowest BCUT2D eigenvalue weighted by Crippen LogP contribution is -2.19. The minimum atomic E-state index is -4.71. The number of benzene rings is 4. The summed E-state index contributed by atoms with van der Waals surface area (Å²) in [4.78, 5) is 34.1. The lowest BCUT2D eigenvalue weighted by Gasteiger charge is -2.14. The molecule has 0 aliphatic heterocycles.